The van der Waals surface area contributed by atoms with Crippen molar-refractivity contribution in [2.75, 3.05) is 45.3 Å². The van der Waals surface area contributed by atoms with Gasteiger partial charge in [0.25, 0.3) is 0 Å². The lowest BCUT2D eigenvalue weighted by molar-refractivity contribution is 0.0651. The monoisotopic (exact) mass is 492 g/mol. The number of carbonyl (C=O) groups excluding carboxylic acids is 1. The van der Waals surface area contributed by atoms with E-state index in [0.29, 0.717) is 19.1 Å². The highest BCUT2D eigenvalue weighted by molar-refractivity contribution is 5.75. The van der Waals surface area contributed by atoms with Gasteiger partial charge in [-0.2, -0.15) is 10.2 Å². The third kappa shape index (κ3) is 4.57. The van der Waals surface area contributed by atoms with Crippen molar-refractivity contribution < 1.29 is 9.53 Å². The van der Waals surface area contributed by atoms with Gasteiger partial charge < -0.3 is 19.9 Å². The minimum atomic E-state index is -0.0444. The molecule has 0 unspecified atom stereocenters. The number of pyridine rings is 1. The van der Waals surface area contributed by atoms with Gasteiger partial charge in [0.1, 0.15) is 0 Å². The summed E-state index contributed by atoms with van der Waals surface area (Å²) < 4.78 is 7.87. The fraction of sp³-hybridized carbons (Fsp3) is 0.538. The molecule has 1 fully saturated rings. The van der Waals surface area contributed by atoms with Gasteiger partial charge in [-0.05, 0) is 49.8 Å². The second-order valence-electron chi connectivity index (χ2n) is 9.74. The van der Waals surface area contributed by atoms with Gasteiger partial charge >= 0.3 is 6.03 Å². The van der Waals surface area contributed by atoms with Gasteiger partial charge in [-0.25, -0.2) is 4.79 Å². The summed E-state index contributed by atoms with van der Waals surface area (Å²) in [7, 11) is 3.55. The van der Waals surface area contributed by atoms with Crippen LogP contribution in [0.2, 0.25) is 0 Å². The first-order valence-corrected chi connectivity index (χ1v) is 12.8. The molecular weight excluding hydrogens is 456 g/mol. The Morgan fingerprint density at radius 1 is 1.31 bits per heavy atom. The molecule has 3 aliphatic heterocycles. The van der Waals surface area contributed by atoms with E-state index in [2.05, 4.69) is 32.8 Å². The normalized spacial score (nSPS) is 18.5. The molecule has 36 heavy (non-hydrogen) atoms. The Labute approximate surface area is 212 Å². The van der Waals surface area contributed by atoms with Gasteiger partial charge in [-0.15, -0.1) is 0 Å². The van der Waals surface area contributed by atoms with Crippen LogP contribution in [-0.4, -0.2) is 77.8 Å². The molecule has 1 N–H and O–H groups in total. The SMILES string of the molecule is C=NN(C)/C=C(\C)c1cc2c(cn1)N(c1nn(C3CCOCC3)c3c1CN(C(=O)NC)CC3)CCC2. The number of urea groups is 1. The van der Waals surface area contributed by atoms with Crippen molar-refractivity contribution in [3.05, 3.63) is 41.0 Å². The molecule has 192 valence electrons. The molecular formula is C26H36N8O2. The van der Waals surface area contributed by atoms with Crippen molar-refractivity contribution in [1.82, 2.24) is 30.0 Å². The first-order valence-electron chi connectivity index (χ1n) is 12.8. The maximum Gasteiger partial charge on any atom is 0.317 e. The highest BCUT2D eigenvalue weighted by atomic mass is 16.5. The number of carbonyl (C=O) groups is 1. The lowest BCUT2D eigenvalue weighted by Crippen LogP contribution is -2.42. The third-order valence-corrected chi connectivity index (χ3v) is 7.45. The van der Waals surface area contributed by atoms with Crippen LogP contribution < -0.4 is 10.2 Å². The first-order chi connectivity index (χ1) is 17.5. The number of hydrogen-bond acceptors (Lipinski definition) is 7. The Morgan fingerprint density at radius 2 is 2.11 bits per heavy atom. The van der Waals surface area contributed by atoms with E-state index in [0.717, 1.165) is 80.2 Å². The highest BCUT2D eigenvalue weighted by Gasteiger charge is 2.33. The topological polar surface area (TPSA) is 91.1 Å². The van der Waals surface area contributed by atoms with E-state index in [1.165, 1.54) is 11.3 Å². The van der Waals surface area contributed by atoms with E-state index in [4.69, 9.17) is 14.8 Å². The Morgan fingerprint density at radius 3 is 2.86 bits per heavy atom. The molecule has 5 heterocycles. The van der Waals surface area contributed by atoms with E-state index >= 15 is 0 Å². The number of hydrogen-bond donors (Lipinski definition) is 1. The fourth-order valence-electron chi connectivity index (χ4n) is 5.51. The van der Waals surface area contributed by atoms with Gasteiger partial charge in [0.05, 0.1) is 30.2 Å². The smallest absolute Gasteiger partial charge is 0.317 e. The number of aromatic nitrogens is 3. The van der Waals surface area contributed by atoms with Crippen LogP contribution in [0.5, 0.6) is 0 Å². The minimum Gasteiger partial charge on any atom is -0.381 e. The van der Waals surface area contributed by atoms with Crippen LogP contribution in [0.1, 0.15) is 54.7 Å². The van der Waals surface area contributed by atoms with E-state index in [1.54, 1.807) is 12.1 Å². The Kier molecular flexibility index (Phi) is 6.95. The first kappa shape index (κ1) is 24.3. The molecule has 3 aliphatic rings. The number of amides is 2. The zero-order valence-corrected chi connectivity index (χ0v) is 21.5. The van der Waals surface area contributed by atoms with Crippen LogP contribution in [0, 0.1) is 0 Å². The maximum atomic E-state index is 12.5. The number of ether oxygens (including phenoxy) is 1. The number of nitrogens with one attached hydrogen (secondary N) is 1. The number of allylic oxidation sites excluding steroid dienone is 1. The zero-order valence-electron chi connectivity index (χ0n) is 21.5. The largest absolute Gasteiger partial charge is 0.381 e. The molecule has 1 saturated heterocycles. The van der Waals surface area contributed by atoms with E-state index < -0.39 is 0 Å². The van der Waals surface area contributed by atoms with Crippen molar-refractivity contribution in [2.45, 2.75) is 51.6 Å². The summed E-state index contributed by atoms with van der Waals surface area (Å²) in [5.74, 6) is 0.962. The van der Waals surface area contributed by atoms with Crippen LogP contribution >= 0.6 is 0 Å². The predicted molar refractivity (Wildman–Crippen MR) is 140 cm³/mol. The summed E-state index contributed by atoms with van der Waals surface area (Å²) >= 11 is 0. The second kappa shape index (κ2) is 10.3. The van der Waals surface area contributed by atoms with E-state index in [9.17, 15) is 4.79 Å². The standard InChI is InChI=1S/C26H36N8O2/c1-18(16-31(4)28-3)22-14-19-6-5-10-33(24(19)15-29-22)25-21-17-32(26(35)27-2)11-7-23(21)34(30-25)20-8-12-36-13-9-20/h14-16,20H,3,5-13,17H2,1-2,4H3,(H,27,35)/b18-16+. The van der Waals surface area contributed by atoms with Crippen LogP contribution in [0.4, 0.5) is 16.3 Å². The average molecular weight is 493 g/mol. The number of anilines is 2. The molecule has 2 aromatic heterocycles. The zero-order chi connectivity index (χ0) is 25.2. The quantitative estimate of drug-likeness (QED) is 0.509. The van der Waals surface area contributed by atoms with Gasteiger partial charge in [0.2, 0.25) is 0 Å². The fourth-order valence-corrected chi connectivity index (χ4v) is 5.51. The van der Waals surface area contributed by atoms with Crippen molar-refractivity contribution in [2.24, 2.45) is 5.10 Å². The van der Waals surface area contributed by atoms with Gasteiger partial charge in [0.15, 0.2) is 5.82 Å². The molecule has 0 spiro atoms. The summed E-state index contributed by atoms with van der Waals surface area (Å²) in [5.41, 5.74) is 6.75. The molecule has 0 saturated carbocycles. The predicted octanol–water partition coefficient (Wildman–Crippen LogP) is 3.32. The van der Waals surface area contributed by atoms with Gasteiger partial charge in [-0.1, -0.05) is 0 Å². The molecule has 5 rings (SSSR count). The van der Waals surface area contributed by atoms with Crippen LogP contribution in [0.15, 0.2) is 23.6 Å². The lowest BCUT2D eigenvalue weighted by Gasteiger charge is -2.32. The second-order valence-corrected chi connectivity index (χ2v) is 9.74. The lowest BCUT2D eigenvalue weighted by atomic mass is 9.99. The number of nitrogens with zero attached hydrogens (tertiary/aromatic N) is 7. The molecule has 0 radical (unpaired) electrons. The van der Waals surface area contributed by atoms with Crippen molar-refractivity contribution >= 4 is 29.8 Å². The Bertz CT molecular complexity index is 1170. The van der Waals surface area contributed by atoms with Gasteiger partial charge in [0, 0.05) is 71.0 Å². The molecule has 2 amide bonds. The summed E-state index contributed by atoms with van der Waals surface area (Å²) in [6, 6.07) is 2.47. The Hall–Kier alpha value is -3.40. The molecule has 10 heteroatoms. The Balaban J connectivity index is 1.53. The molecule has 0 bridgehead atoms. The van der Waals surface area contributed by atoms with Crippen molar-refractivity contribution in [1.29, 1.82) is 0 Å². The molecule has 2 aromatic rings. The summed E-state index contributed by atoms with van der Waals surface area (Å²) in [6.07, 6.45) is 8.67. The number of aryl methyl sites for hydroxylation is 1. The minimum absolute atomic E-state index is 0.0444. The van der Waals surface area contributed by atoms with E-state index in [1.807, 2.05) is 31.3 Å². The number of fused-ring (bicyclic) bond motifs is 2. The summed E-state index contributed by atoms with van der Waals surface area (Å²) in [6.45, 7) is 9.28. The average Bonchev–Trinajstić information content (AvgIpc) is 3.31. The molecule has 0 aromatic carbocycles. The molecule has 10 nitrogen and oxygen atoms in total. The summed E-state index contributed by atoms with van der Waals surface area (Å²) in [4.78, 5) is 21.5. The maximum absolute atomic E-state index is 12.5. The number of hydrazone groups is 1. The molecule has 0 atom stereocenters. The van der Waals surface area contributed by atoms with E-state index in [-0.39, 0.29) is 6.03 Å². The van der Waals surface area contributed by atoms with Crippen molar-refractivity contribution in [3.63, 3.8) is 0 Å². The third-order valence-electron chi connectivity index (χ3n) is 7.45. The van der Waals surface area contributed by atoms with Crippen molar-refractivity contribution in [3.8, 4) is 0 Å². The van der Waals surface area contributed by atoms with Crippen LogP contribution in [-0.2, 0) is 24.1 Å². The summed E-state index contributed by atoms with van der Waals surface area (Å²) in [5, 5.41) is 13.6. The molecule has 0 aliphatic carbocycles. The van der Waals surface area contributed by atoms with Crippen LogP contribution in [0.3, 0.4) is 0 Å². The van der Waals surface area contributed by atoms with Crippen LogP contribution in [0.25, 0.3) is 5.57 Å². The van der Waals surface area contributed by atoms with Gasteiger partial charge in [-0.3, -0.25) is 14.7 Å². The number of rotatable bonds is 5. The highest BCUT2D eigenvalue weighted by Crippen LogP contribution is 2.39.